The zero-order chi connectivity index (χ0) is 43.4. The molecule has 0 aliphatic heterocycles. The number of nitrogens with zero attached hydrogens (tertiary/aromatic N) is 6. The van der Waals surface area contributed by atoms with Gasteiger partial charge in [-0.05, 0) is 21.7 Å². The predicted molar refractivity (Wildman–Crippen MR) is 218 cm³/mol. The summed E-state index contributed by atoms with van der Waals surface area (Å²) in [4.78, 5) is 66.9. The van der Waals surface area contributed by atoms with Gasteiger partial charge in [0, 0.05) is 39.8 Å². The molecule has 0 saturated heterocycles. The summed E-state index contributed by atoms with van der Waals surface area (Å²) in [5.74, 6) is 2.69. The van der Waals surface area contributed by atoms with Crippen molar-refractivity contribution in [2.75, 3.05) is 14.2 Å². The Balaban J connectivity index is 0.000000374. The molecule has 4 aromatic rings. The van der Waals surface area contributed by atoms with Crippen LogP contribution in [-0.2, 0) is 39.8 Å². The Morgan fingerprint density at radius 3 is 1.27 bits per heavy atom. The van der Waals surface area contributed by atoms with Gasteiger partial charge in [0.15, 0.2) is 11.5 Å². The lowest BCUT2D eigenvalue weighted by Crippen LogP contribution is -2.25. The summed E-state index contributed by atoms with van der Waals surface area (Å²) in [5, 5.41) is 18.1. The minimum absolute atomic E-state index is 0.0763. The number of rotatable bonds is 6. The maximum Gasteiger partial charge on any atom is 0.295 e. The number of ether oxygens (including phenoxy) is 2. The molecule has 0 bridgehead atoms. The molecule has 16 heteroatoms. The summed E-state index contributed by atoms with van der Waals surface area (Å²) in [6.45, 7) is 25.0. The molecule has 0 aliphatic rings. The number of aromatic amines is 2. The normalized spacial score (nSPS) is 11.6. The van der Waals surface area contributed by atoms with E-state index in [-0.39, 0.29) is 61.3 Å². The molecule has 0 aromatic carbocycles. The quantitative estimate of drug-likeness (QED) is 0.206. The van der Waals surface area contributed by atoms with Crippen LogP contribution in [0.4, 0.5) is 0 Å². The summed E-state index contributed by atoms with van der Waals surface area (Å²) in [6.07, 6.45) is 8.24. The fourth-order valence-corrected chi connectivity index (χ4v) is 4.72. The molecule has 56 heavy (non-hydrogen) atoms. The Morgan fingerprint density at radius 1 is 0.518 bits per heavy atom. The van der Waals surface area contributed by atoms with E-state index in [1.807, 2.05) is 0 Å². The zero-order valence-electron chi connectivity index (χ0n) is 36.2. The SMILES string of the molecule is CC(C)(C)Cc1ncc(O)c(=O)[nH]1.COc1cnc(CC(C)(C)C)[nH]c1=O.COc1cnc(CC(C)(C)C)n(C)c1=O.Cn1c(CC(C)(C)C)ncc(O)c1=O. The minimum Gasteiger partial charge on any atom is -0.502 e. The van der Waals surface area contributed by atoms with Crippen LogP contribution in [-0.4, -0.2) is 63.5 Å². The molecule has 0 atom stereocenters. The Morgan fingerprint density at radius 2 is 0.875 bits per heavy atom. The molecule has 0 saturated carbocycles. The van der Waals surface area contributed by atoms with Gasteiger partial charge in [0.25, 0.3) is 22.2 Å². The van der Waals surface area contributed by atoms with Gasteiger partial charge in [0.2, 0.25) is 11.5 Å². The molecular formula is C40H64N8O8. The molecule has 312 valence electrons. The third kappa shape index (κ3) is 17.9. The van der Waals surface area contributed by atoms with Crippen molar-refractivity contribution in [3.63, 3.8) is 0 Å². The van der Waals surface area contributed by atoms with E-state index in [1.165, 1.54) is 43.6 Å². The van der Waals surface area contributed by atoms with Gasteiger partial charge < -0.3 is 29.7 Å². The molecule has 4 heterocycles. The summed E-state index contributed by atoms with van der Waals surface area (Å²) in [5.41, 5.74) is -0.834. The van der Waals surface area contributed by atoms with Gasteiger partial charge in [-0.3, -0.25) is 28.3 Å². The number of nitrogens with one attached hydrogen (secondary N) is 2. The number of H-pyrrole nitrogens is 2. The number of hydrogen-bond acceptors (Lipinski definition) is 12. The molecule has 0 radical (unpaired) electrons. The van der Waals surface area contributed by atoms with Crippen LogP contribution < -0.4 is 31.7 Å². The van der Waals surface area contributed by atoms with E-state index in [9.17, 15) is 19.2 Å². The average Bonchev–Trinajstić information content (AvgIpc) is 3.04. The van der Waals surface area contributed by atoms with E-state index in [0.29, 0.717) is 30.3 Å². The van der Waals surface area contributed by atoms with E-state index in [2.05, 4.69) is 113 Å². The molecule has 0 fully saturated rings. The Labute approximate surface area is 329 Å². The smallest absolute Gasteiger partial charge is 0.295 e. The second-order valence-corrected chi connectivity index (χ2v) is 18.3. The van der Waals surface area contributed by atoms with Gasteiger partial charge in [-0.15, -0.1) is 0 Å². The summed E-state index contributed by atoms with van der Waals surface area (Å²) in [7, 11) is 6.27. The van der Waals surface area contributed by atoms with Crippen LogP contribution in [0, 0.1) is 21.7 Å². The van der Waals surface area contributed by atoms with Crippen molar-refractivity contribution in [1.82, 2.24) is 39.0 Å². The van der Waals surface area contributed by atoms with Gasteiger partial charge in [-0.1, -0.05) is 83.1 Å². The van der Waals surface area contributed by atoms with Crippen LogP contribution in [0.3, 0.4) is 0 Å². The molecule has 16 nitrogen and oxygen atoms in total. The van der Waals surface area contributed by atoms with Crippen molar-refractivity contribution < 1.29 is 19.7 Å². The van der Waals surface area contributed by atoms with Crippen molar-refractivity contribution in [2.45, 2.75) is 109 Å². The fourth-order valence-electron chi connectivity index (χ4n) is 4.72. The van der Waals surface area contributed by atoms with Crippen molar-refractivity contribution >= 4 is 0 Å². The van der Waals surface area contributed by atoms with Crippen LogP contribution in [0.25, 0.3) is 0 Å². The van der Waals surface area contributed by atoms with Gasteiger partial charge in [-0.25, -0.2) is 19.9 Å². The van der Waals surface area contributed by atoms with E-state index >= 15 is 0 Å². The molecule has 4 aromatic heterocycles. The van der Waals surface area contributed by atoms with E-state index in [1.54, 1.807) is 18.7 Å². The fraction of sp³-hybridized carbons (Fsp3) is 0.600. The Hall–Kier alpha value is -5.28. The number of hydrogen-bond donors (Lipinski definition) is 4. The average molecular weight is 785 g/mol. The standard InChI is InChI=1S/C11H18N2O2.2C10H16N2O2.C9H14N2O2/c1-11(2,3)6-9-12-7-8(15-5)10(14)13(9)4;1-10(2,3)5-8-11-6-7(14-4)9(13)12-8;1-10(2,3)5-8-11-6-7(13)9(14)12(8)4;1-9(2,3)4-7-10-5-6(12)8(13)11-7/h7H,6H2,1-5H3;6H,5H2,1-4H3,(H,11,12,13);6,13H,5H2,1-4H3;5,12H,4H2,1-3H3,(H,10,11,13). The van der Waals surface area contributed by atoms with Gasteiger partial charge in [-0.2, -0.15) is 0 Å². The first-order valence-corrected chi connectivity index (χ1v) is 18.2. The van der Waals surface area contributed by atoms with Crippen molar-refractivity contribution in [1.29, 1.82) is 0 Å². The molecule has 0 spiro atoms. The summed E-state index contributed by atoms with van der Waals surface area (Å²) >= 11 is 0. The topological polar surface area (TPSA) is 220 Å². The second-order valence-electron chi connectivity index (χ2n) is 18.3. The van der Waals surface area contributed by atoms with E-state index < -0.39 is 5.56 Å². The lowest BCUT2D eigenvalue weighted by Gasteiger charge is -2.19. The van der Waals surface area contributed by atoms with Crippen LogP contribution in [0.15, 0.2) is 44.0 Å². The van der Waals surface area contributed by atoms with E-state index in [4.69, 9.17) is 19.7 Å². The zero-order valence-corrected chi connectivity index (χ0v) is 36.2. The second kappa shape index (κ2) is 20.1. The first-order valence-electron chi connectivity index (χ1n) is 18.2. The molecule has 4 rings (SSSR count). The van der Waals surface area contributed by atoms with Crippen LogP contribution >= 0.6 is 0 Å². The van der Waals surface area contributed by atoms with Crippen LogP contribution in [0.2, 0.25) is 0 Å². The monoisotopic (exact) mass is 784 g/mol. The first kappa shape index (κ1) is 48.7. The Kier molecular flexibility index (Phi) is 17.5. The molecule has 0 amide bonds. The predicted octanol–water partition coefficient (Wildman–Crippen LogP) is 4.88. The number of aromatic hydroxyl groups is 2. The van der Waals surface area contributed by atoms with Gasteiger partial charge in [0.1, 0.15) is 23.3 Å². The highest BCUT2D eigenvalue weighted by Gasteiger charge is 2.18. The molecule has 0 unspecified atom stereocenters. The Bertz CT molecular complexity index is 2110. The van der Waals surface area contributed by atoms with Gasteiger partial charge >= 0.3 is 0 Å². The van der Waals surface area contributed by atoms with Crippen molar-refractivity contribution in [3.05, 3.63) is 89.5 Å². The maximum atomic E-state index is 11.7. The summed E-state index contributed by atoms with van der Waals surface area (Å²) < 4.78 is 12.7. The maximum absolute atomic E-state index is 11.7. The highest BCUT2D eigenvalue weighted by Crippen LogP contribution is 2.20. The first-order chi connectivity index (χ1) is 25.5. The highest BCUT2D eigenvalue weighted by molar-refractivity contribution is 5.15. The third-order valence-electron chi connectivity index (χ3n) is 7.34. The minimum atomic E-state index is -0.478. The van der Waals surface area contributed by atoms with Crippen molar-refractivity contribution in [3.8, 4) is 23.0 Å². The van der Waals surface area contributed by atoms with Crippen LogP contribution in [0.1, 0.15) is 106 Å². The number of methoxy groups -OCH3 is 2. The lowest BCUT2D eigenvalue weighted by atomic mass is 9.92. The van der Waals surface area contributed by atoms with Gasteiger partial charge in [0.05, 0.1) is 39.0 Å². The summed E-state index contributed by atoms with van der Waals surface area (Å²) in [6, 6.07) is 0. The molecule has 0 aliphatic carbocycles. The van der Waals surface area contributed by atoms with E-state index in [0.717, 1.165) is 18.7 Å². The lowest BCUT2D eigenvalue weighted by molar-refractivity contribution is 0.377. The third-order valence-corrected chi connectivity index (χ3v) is 7.34. The largest absolute Gasteiger partial charge is 0.502 e. The molecular weight excluding hydrogens is 720 g/mol. The number of aromatic nitrogens is 8. The highest BCUT2D eigenvalue weighted by atomic mass is 16.5. The van der Waals surface area contributed by atoms with Crippen LogP contribution in [0.5, 0.6) is 23.0 Å². The molecule has 4 N–H and O–H groups in total. The van der Waals surface area contributed by atoms with Crippen molar-refractivity contribution in [2.24, 2.45) is 35.8 Å².